The molecule has 0 aromatic heterocycles. The van der Waals surface area contributed by atoms with Crippen molar-refractivity contribution in [3.8, 4) is 40.2 Å². The molecular weight excluding hydrogens is 440 g/mol. The van der Waals surface area contributed by atoms with Crippen LogP contribution >= 0.6 is 0 Å². The van der Waals surface area contributed by atoms with Crippen LogP contribution in [0.5, 0.6) is 40.2 Å². The summed E-state index contributed by atoms with van der Waals surface area (Å²) < 4.78 is 21.9. The molecular formula is C26H32O8. The van der Waals surface area contributed by atoms with Gasteiger partial charge in [-0.1, -0.05) is 23.3 Å². The minimum absolute atomic E-state index is 0.0942. The Kier molecular flexibility index (Phi) is 8.83. The number of benzene rings is 2. The Morgan fingerprint density at radius 2 is 1.38 bits per heavy atom. The van der Waals surface area contributed by atoms with Crippen molar-refractivity contribution in [2.24, 2.45) is 0 Å². The summed E-state index contributed by atoms with van der Waals surface area (Å²) in [5, 5.41) is 31.5. The molecule has 0 fully saturated rings. The van der Waals surface area contributed by atoms with Crippen molar-refractivity contribution in [2.75, 3.05) is 21.3 Å². The molecule has 0 saturated carbocycles. The van der Waals surface area contributed by atoms with Gasteiger partial charge in [0.2, 0.25) is 11.5 Å². The van der Waals surface area contributed by atoms with E-state index in [9.17, 15) is 20.1 Å². The van der Waals surface area contributed by atoms with E-state index in [2.05, 4.69) is 0 Å². The Morgan fingerprint density at radius 1 is 0.824 bits per heavy atom. The maximum Gasteiger partial charge on any atom is 0.345 e. The molecule has 0 aliphatic rings. The van der Waals surface area contributed by atoms with Gasteiger partial charge in [0.1, 0.15) is 22.8 Å². The van der Waals surface area contributed by atoms with Gasteiger partial charge in [0.05, 0.1) is 21.3 Å². The van der Waals surface area contributed by atoms with Gasteiger partial charge >= 0.3 is 5.97 Å². The predicted molar refractivity (Wildman–Crippen MR) is 129 cm³/mol. The van der Waals surface area contributed by atoms with Crippen LogP contribution in [-0.4, -0.2) is 42.6 Å². The second kappa shape index (κ2) is 11.4. The summed E-state index contributed by atoms with van der Waals surface area (Å²) in [6.45, 7) is 7.84. The van der Waals surface area contributed by atoms with Crippen molar-refractivity contribution in [2.45, 2.75) is 40.5 Å². The van der Waals surface area contributed by atoms with Crippen LogP contribution in [0.25, 0.3) is 0 Å². The quantitative estimate of drug-likeness (QED) is 0.328. The Hall–Kier alpha value is -3.81. The van der Waals surface area contributed by atoms with Crippen LogP contribution in [0.15, 0.2) is 35.4 Å². The van der Waals surface area contributed by atoms with Crippen molar-refractivity contribution in [3.63, 3.8) is 0 Å². The van der Waals surface area contributed by atoms with Crippen molar-refractivity contribution >= 4 is 5.97 Å². The van der Waals surface area contributed by atoms with E-state index in [1.807, 2.05) is 39.8 Å². The standard InChI is InChI=1S/C26H32O8/c1-14(2)8-10-17-18(11-9-15(3)4)23(31-5)25(32-6)24(22(17)29)34-20-13-16(27)12-19(28)21(20)26(30)33-7/h8-9,12-13,27-29H,10-11H2,1-7H3. The highest BCUT2D eigenvalue weighted by molar-refractivity contribution is 5.96. The zero-order chi connectivity index (χ0) is 25.6. The topological polar surface area (TPSA) is 115 Å². The smallest absolute Gasteiger partial charge is 0.345 e. The van der Waals surface area contributed by atoms with E-state index < -0.39 is 11.7 Å². The van der Waals surface area contributed by atoms with E-state index in [1.54, 1.807) is 0 Å². The van der Waals surface area contributed by atoms with Crippen LogP contribution in [-0.2, 0) is 17.6 Å². The highest BCUT2D eigenvalue weighted by Crippen LogP contribution is 2.52. The summed E-state index contributed by atoms with van der Waals surface area (Å²) in [7, 11) is 4.02. The fourth-order valence-corrected chi connectivity index (χ4v) is 3.39. The monoisotopic (exact) mass is 472 g/mol. The van der Waals surface area contributed by atoms with Crippen molar-refractivity contribution in [1.82, 2.24) is 0 Å². The average Bonchev–Trinajstić information content (AvgIpc) is 2.76. The minimum atomic E-state index is -0.886. The largest absolute Gasteiger partial charge is 0.508 e. The van der Waals surface area contributed by atoms with Gasteiger partial charge in [0.15, 0.2) is 11.5 Å². The fourth-order valence-electron chi connectivity index (χ4n) is 3.39. The van der Waals surface area contributed by atoms with Crippen molar-refractivity contribution in [3.05, 3.63) is 52.1 Å². The molecule has 0 aliphatic heterocycles. The van der Waals surface area contributed by atoms with E-state index in [-0.39, 0.29) is 34.3 Å². The first-order valence-electron chi connectivity index (χ1n) is 10.6. The molecule has 2 aromatic rings. The van der Waals surface area contributed by atoms with Gasteiger partial charge in [0, 0.05) is 23.3 Å². The number of carbonyl (C=O) groups excluding carboxylic acids is 1. The van der Waals surface area contributed by atoms with Gasteiger partial charge < -0.3 is 34.3 Å². The number of ether oxygens (including phenoxy) is 4. The molecule has 0 atom stereocenters. The zero-order valence-electron chi connectivity index (χ0n) is 20.6. The molecule has 0 heterocycles. The summed E-state index contributed by atoms with van der Waals surface area (Å²) in [6, 6.07) is 2.11. The first-order chi connectivity index (χ1) is 16.0. The van der Waals surface area contributed by atoms with Crippen LogP contribution in [0, 0.1) is 0 Å². The number of allylic oxidation sites excluding steroid dienone is 4. The lowest BCUT2D eigenvalue weighted by molar-refractivity contribution is 0.0594. The second-order valence-electron chi connectivity index (χ2n) is 8.10. The molecule has 0 bridgehead atoms. The fraction of sp³-hybridized carbons (Fsp3) is 0.346. The van der Waals surface area contributed by atoms with Crippen LogP contribution in [0.2, 0.25) is 0 Å². The van der Waals surface area contributed by atoms with Gasteiger partial charge in [-0.3, -0.25) is 0 Å². The molecule has 0 radical (unpaired) electrons. The third-order valence-electron chi connectivity index (χ3n) is 5.06. The van der Waals surface area contributed by atoms with Gasteiger partial charge in [0.25, 0.3) is 0 Å². The van der Waals surface area contributed by atoms with Crippen LogP contribution in [0.4, 0.5) is 0 Å². The number of hydrogen-bond acceptors (Lipinski definition) is 8. The van der Waals surface area contributed by atoms with Gasteiger partial charge in [-0.15, -0.1) is 0 Å². The first-order valence-corrected chi connectivity index (χ1v) is 10.6. The van der Waals surface area contributed by atoms with Crippen LogP contribution in [0.1, 0.15) is 49.2 Å². The number of rotatable bonds is 9. The molecule has 34 heavy (non-hydrogen) atoms. The number of aromatic hydroxyl groups is 3. The highest BCUT2D eigenvalue weighted by atomic mass is 16.5. The molecule has 0 amide bonds. The number of methoxy groups -OCH3 is 3. The number of hydrogen-bond donors (Lipinski definition) is 3. The van der Waals surface area contributed by atoms with Crippen molar-refractivity contribution in [1.29, 1.82) is 0 Å². The normalized spacial score (nSPS) is 10.3. The number of esters is 1. The maximum atomic E-state index is 12.3. The lowest BCUT2D eigenvalue weighted by Gasteiger charge is -2.22. The van der Waals surface area contributed by atoms with Crippen LogP contribution in [0.3, 0.4) is 0 Å². The SMILES string of the molecule is COC(=O)c1c(O)cc(O)cc1Oc1c(O)c(CC=C(C)C)c(CC=C(C)C)c(OC)c1OC. The number of carbonyl (C=O) groups is 1. The zero-order valence-corrected chi connectivity index (χ0v) is 20.6. The lowest BCUT2D eigenvalue weighted by atomic mass is 9.96. The molecule has 3 N–H and O–H groups in total. The molecule has 2 rings (SSSR count). The molecule has 184 valence electrons. The summed E-state index contributed by atoms with van der Waals surface area (Å²) in [5.74, 6) is -1.91. The summed E-state index contributed by atoms with van der Waals surface area (Å²) >= 11 is 0. The summed E-state index contributed by atoms with van der Waals surface area (Å²) in [5.41, 5.74) is 3.09. The first kappa shape index (κ1) is 26.4. The van der Waals surface area contributed by atoms with E-state index in [1.165, 1.54) is 14.2 Å². The number of phenolic OH excluding ortho intramolecular Hbond substituents is 3. The van der Waals surface area contributed by atoms with Crippen LogP contribution < -0.4 is 14.2 Å². The van der Waals surface area contributed by atoms with E-state index >= 15 is 0 Å². The van der Waals surface area contributed by atoms with Crippen molar-refractivity contribution < 1.29 is 39.1 Å². The summed E-state index contributed by atoms with van der Waals surface area (Å²) in [4.78, 5) is 12.3. The minimum Gasteiger partial charge on any atom is -0.508 e. The number of phenols is 3. The third-order valence-corrected chi connectivity index (χ3v) is 5.06. The Balaban J connectivity index is 2.86. The van der Waals surface area contributed by atoms with E-state index in [0.717, 1.165) is 36.0 Å². The van der Waals surface area contributed by atoms with E-state index in [4.69, 9.17) is 18.9 Å². The maximum absolute atomic E-state index is 12.3. The third kappa shape index (κ3) is 5.75. The molecule has 0 saturated heterocycles. The summed E-state index contributed by atoms with van der Waals surface area (Å²) in [6.07, 6.45) is 4.82. The Labute approximate surface area is 199 Å². The van der Waals surface area contributed by atoms with Gasteiger partial charge in [-0.25, -0.2) is 4.79 Å². The van der Waals surface area contributed by atoms with Gasteiger partial charge in [-0.05, 0) is 40.5 Å². The molecule has 0 unspecified atom stereocenters. The highest BCUT2D eigenvalue weighted by Gasteiger charge is 2.29. The van der Waals surface area contributed by atoms with E-state index in [0.29, 0.717) is 24.2 Å². The Bertz CT molecular complexity index is 1120. The Morgan fingerprint density at radius 3 is 1.88 bits per heavy atom. The molecule has 8 nitrogen and oxygen atoms in total. The molecule has 8 heteroatoms. The molecule has 0 aliphatic carbocycles. The second-order valence-corrected chi connectivity index (χ2v) is 8.10. The van der Waals surface area contributed by atoms with Gasteiger partial charge in [-0.2, -0.15) is 0 Å². The molecule has 0 spiro atoms. The lowest BCUT2D eigenvalue weighted by Crippen LogP contribution is -2.07. The molecule has 2 aromatic carbocycles. The average molecular weight is 473 g/mol. The predicted octanol–water partition coefficient (Wildman–Crippen LogP) is 5.42.